The molecule has 0 bridgehead atoms. The van der Waals surface area contributed by atoms with Gasteiger partial charge in [-0.15, -0.1) is 0 Å². The molecule has 6 rings (SSSR count). The molecular formula is C46H76N2O6. The Hall–Kier alpha value is -1.93. The summed E-state index contributed by atoms with van der Waals surface area (Å²) in [6, 6.07) is 0.273. The van der Waals surface area contributed by atoms with Gasteiger partial charge in [0.25, 0.3) is 0 Å². The molecule has 8 nitrogen and oxygen atoms in total. The quantitative estimate of drug-likeness (QED) is 0.151. The van der Waals surface area contributed by atoms with E-state index in [9.17, 15) is 19.5 Å². The number of carbonyl (C=O) groups excluding carboxylic acids is 2. The molecule has 1 heterocycles. The molecule has 6 aliphatic rings. The number of rotatable bonds is 12. The summed E-state index contributed by atoms with van der Waals surface area (Å²) in [5, 5.41) is 12.9. The first kappa shape index (κ1) is 41.7. The van der Waals surface area contributed by atoms with Gasteiger partial charge in [0.1, 0.15) is 6.10 Å². The number of nitrogens with one attached hydrogen (secondary N) is 1. The fourth-order valence-corrected chi connectivity index (χ4v) is 15.0. The number of allylic oxidation sites excluding steroid dienone is 1. The normalized spacial score (nSPS) is 40.8. The molecule has 306 valence electrons. The van der Waals surface area contributed by atoms with Crippen LogP contribution in [0.5, 0.6) is 0 Å². The van der Waals surface area contributed by atoms with E-state index < -0.39 is 11.4 Å². The Labute approximate surface area is 327 Å². The third kappa shape index (κ3) is 7.35. The van der Waals surface area contributed by atoms with E-state index in [2.05, 4.69) is 58.3 Å². The molecule has 0 spiro atoms. The van der Waals surface area contributed by atoms with Crippen LogP contribution in [0, 0.1) is 62.1 Å². The molecule has 5 saturated carbocycles. The first-order valence-corrected chi connectivity index (χ1v) is 21.8. The number of ether oxygens (including phenoxy) is 2. The van der Waals surface area contributed by atoms with Crippen LogP contribution in [0.3, 0.4) is 0 Å². The van der Waals surface area contributed by atoms with Crippen LogP contribution < -0.4 is 5.32 Å². The van der Waals surface area contributed by atoms with Crippen LogP contribution in [0.1, 0.15) is 152 Å². The van der Waals surface area contributed by atoms with Crippen LogP contribution in [0.2, 0.25) is 0 Å². The number of carbonyl (C=O) groups is 3. The standard InChI is InChI=1S/C46H76N2O6/c1-30(2)32-13-20-46(27-37(49)47-31-16-23-48(24-17-31)25-26-53-10)22-21-44(8)33(40(32)46)11-12-35-43(7)18-15-36(42(5,6)34(43)14-19-45(35,44)9)54-39(52)29-41(3,4)28-38(50)51/h31-36,40H,1,11-29H2,2-10H3,(H,47,49)(H,50,51)/t32-,33+,34?,35?,36?,40?,43-,44+,45+,46+/m0/s1. The smallest absolute Gasteiger partial charge is 0.306 e. The van der Waals surface area contributed by atoms with Crippen molar-refractivity contribution in [1.29, 1.82) is 0 Å². The van der Waals surface area contributed by atoms with Crippen LogP contribution in [-0.2, 0) is 23.9 Å². The molecule has 0 aromatic carbocycles. The fraction of sp³-hybridized carbons (Fsp3) is 0.891. The zero-order valence-electron chi connectivity index (χ0n) is 35.6. The van der Waals surface area contributed by atoms with Gasteiger partial charge in [-0.05, 0) is 141 Å². The molecule has 0 radical (unpaired) electrons. The number of carboxylic acids is 1. The van der Waals surface area contributed by atoms with Crippen molar-refractivity contribution in [3.63, 3.8) is 0 Å². The molecule has 0 aromatic rings. The van der Waals surface area contributed by atoms with E-state index in [0.29, 0.717) is 36.0 Å². The predicted octanol–water partition coefficient (Wildman–Crippen LogP) is 9.06. The van der Waals surface area contributed by atoms with Crippen LogP contribution >= 0.6 is 0 Å². The second kappa shape index (κ2) is 15.1. The molecule has 1 saturated heterocycles. The first-order valence-electron chi connectivity index (χ1n) is 21.8. The molecule has 54 heavy (non-hydrogen) atoms. The van der Waals surface area contributed by atoms with Crippen molar-refractivity contribution in [2.75, 3.05) is 33.4 Å². The highest BCUT2D eigenvalue weighted by Gasteiger charge is 2.71. The monoisotopic (exact) mass is 753 g/mol. The summed E-state index contributed by atoms with van der Waals surface area (Å²) < 4.78 is 11.6. The fourth-order valence-electron chi connectivity index (χ4n) is 15.0. The van der Waals surface area contributed by atoms with Gasteiger partial charge in [0, 0.05) is 44.6 Å². The van der Waals surface area contributed by atoms with Crippen molar-refractivity contribution in [3.05, 3.63) is 12.2 Å². The van der Waals surface area contributed by atoms with E-state index in [1.807, 2.05) is 13.8 Å². The highest BCUT2D eigenvalue weighted by molar-refractivity contribution is 5.77. The van der Waals surface area contributed by atoms with Crippen molar-refractivity contribution in [1.82, 2.24) is 10.2 Å². The summed E-state index contributed by atoms with van der Waals surface area (Å²) in [6.45, 7) is 26.9. The van der Waals surface area contributed by atoms with Crippen LogP contribution in [0.15, 0.2) is 12.2 Å². The van der Waals surface area contributed by atoms with Crippen molar-refractivity contribution in [2.24, 2.45) is 62.1 Å². The number of hydrogen-bond acceptors (Lipinski definition) is 6. The molecule has 2 N–H and O–H groups in total. The van der Waals surface area contributed by atoms with Crippen molar-refractivity contribution in [3.8, 4) is 0 Å². The predicted molar refractivity (Wildman–Crippen MR) is 214 cm³/mol. The minimum absolute atomic E-state index is 0.0470. The molecular weight excluding hydrogens is 677 g/mol. The maximum Gasteiger partial charge on any atom is 0.306 e. The lowest BCUT2D eigenvalue weighted by molar-refractivity contribution is -0.250. The second-order valence-electron chi connectivity index (χ2n) is 21.7. The van der Waals surface area contributed by atoms with Gasteiger partial charge in [-0.2, -0.15) is 0 Å². The molecule has 1 amide bonds. The number of hydrogen-bond donors (Lipinski definition) is 2. The Morgan fingerprint density at radius 1 is 0.852 bits per heavy atom. The van der Waals surface area contributed by atoms with E-state index in [-0.39, 0.29) is 63.9 Å². The number of likely N-dealkylation sites (tertiary alicyclic amines) is 1. The lowest BCUT2D eigenvalue weighted by Gasteiger charge is -2.73. The number of esters is 1. The Balaban J connectivity index is 1.18. The van der Waals surface area contributed by atoms with Crippen LogP contribution in [-0.4, -0.2) is 73.3 Å². The Kier molecular flexibility index (Phi) is 11.7. The van der Waals surface area contributed by atoms with Crippen molar-refractivity contribution < 1.29 is 29.0 Å². The van der Waals surface area contributed by atoms with Crippen molar-refractivity contribution in [2.45, 2.75) is 164 Å². The van der Waals surface area contributed by atoms with Gasteiger partial charge in [0.05, 0.1) is 19.4 Å². The zero-order chi connectivity index (χ0) is 39.5. The molecule has 4 unspecified atom stereocenters. The van der Waals surface area contributed by atoms with Crippen LogP contribution in [0.4, 0.5) is 0 Å². The summed E-state index contributed by atoms with van der Waals surface area (Å²) in [5.74, 6) is 1.78. The van der Waals surface area contributed by atoms with E-state index in [1.54, 1.807) is 7.11 Å². The summed E-state index contributed by atoms with van der Waals surface area (Å²) >= 11 is 0. The number of nitrogens with zero attached hydrogens (tertiary/aromatic N) is 1. The largest absolute Gasteiger partial charge is 0.481 e. The zero-order valence-corrected chi connectivity index (χ0v) is 35.6. The topological polar surface area (TPSA) is 105 Å². The average molecular weight is 753 g/mol. The van der Waals surface area contributed by atoms with E-state index >= 15 is 0 Å². The number of carboxylic acid groups (broad SMARTS) is 1. The number of piperidine rings is 1. The average Bonchev–Trinajstić information content (AvgIpc) is 3.44. The minimum atomic E-state index is -0.881. The second-order valence-corrected chi connectivity index (χ2v) is 21.7. The molecule has 1 aliphatic heterocycles. The van der Waals surface area contributed by atoms with Gasteiger partial charge in [0.15, 0.2) is 0 Å². The van der Waals surface area contributed by atoms with Gasteiger partial charge >= 0.3 is 11.9 Å². The minimum Gasteiger partial charge on any atom is -0.481 e. The molecule has 6 fully saturated rings. The molecule has 8 heteroatoms. The molecule has 10 atom stereocenters. The molecule has 0 aromatic heterocycles. The van der Waals surface area contributed by atoms with Crippen molar-refractivity contribution >= 4 is 17.8 Å². The highest BCUT2D eigenvalue weighted by Crippen LogP contribution is 2.78. The Morgan fingerprint density at radius 3 is 2.20 bits per heavy atom. The van der Waals surface area contributed by atoms with Gasteiger partial charge in [-0.25, -0.2) is 0 Å². The summed E-state index contributed by atoms with van der Waals surface area (Å²) in [6.07, 6.45) is 14.0. The van der Waals surface area contributed by atoms with E-state index in [4.69, 9.17) is 9.47 Å². The van der Waals surface area contributed by atoms with Gasteiger partial charge in [0.2, 0.25) is 5.91 Å². The summed E-state index contributed by atoms with van der Waals surface area (Å²) in [5.41, 5.74) is 1.14. The van der Waals surface area contributed by atoms with Crippen LogP contribution in [0.25, 0.3) is 0 Å². The summed E-state index contributed by atoms with van der Waals surface area (Å²) in [4.78, 5) is 41.2. The summed E-state index contributed by atoms with van der Waals surface area (Å²) in [7, 11) is 1.76. The SMILES string of the molecule is C=C(C)[C@@H]1CC[C@]2(CC(=O)NC3CCN(CCOC)CC3)CC[C@]3(C)[C@H](CCC4[C@@]5(C)CCC(OC(=O)CC(C)(C)CC(=O)O)C(C)(C)C5CC[C@]43C)C12. The van der Waals surface area contributed by atoms with E-state index in [0.717, 1.165) is 71.2 Å². The van der Waals surface area contributed by atoms with Gasteiger partial charge in [-0.3, -0.25) is 14.4 Å². The highest BCUT2D eigenvalue weighted by atomic mass is 16.5. The molecule has 5 aliphatic carbocycles. The maximum absolute atomic E-state index is 14.0. The Morgan fingerprint density at radius 2 is 1.56 bits per heavy atom. The third-order valence-electron chi connectivity index (χ3n) is 17.8. The van der Waals surface area contributed by atoms with E-state index in [1.165, 1.54) is 37.7 Å². The van der Waals surface area contributed by atoms with Gasteiger partial charge < -0.3 is 24.8 Å². The number of fused-ring (bicyclic) bond motifs is 7. The Bertz CT molecular complexity index is 1430. The lowest BCUT2D eigenvalue weighted by Crippen LogP contribution is -2.67. The maximum atomic E-state index is 14.0. The van der Waals surface area contributed by atoms with Gasteiger partial charge in [-0.1, -0.05) is 60.6 Å². The first-order chi connectivity index (χ1) is 25.2. The third-order valence-corrected chi connectivity index (χ3v) is 17.8. The number of aliphatic carboxylic acids is 1. The lowest BCUT2D eigenvalue weighted by atomic mass is 9.32. The number of amides is 1. The number of methoxy groups -OCH3 is 1.